The van der Waals surface area contributed by atoms with Gasteiger partial charge in [0.15, 0.2) is 0 Å². The summed E-state index contributed by atoms with van der Waals surface area (Å²) in [5, 5.41) is 9.41. The third kappa shape index (κ3) is 2.54. The molecule has 0 saturated carbocycles. The van der Waals surface area contributed by atoms with E-state index >= 15 is 0 Å². The Bertz CT molecular complexity index is 425. The monoisotopic (exact) mass is 247 g/mol. The molecule has 1 aliphatic heterocycles. The number of aliphatic hydroxyl groups excluding tert-OH is 1. The lowest BCUT2D eigenvalue weighted by Gasteiger charge is -2.47. The van der Waals surface area contributed by atoms with E-state index in [4.69, 9.17) is 0 Å². The zero-order valence-corrected chi connectivity index (χ0v) is 12.0. The summed E-state index contributed by atoms with van der Waals surface area (Å²) in [4.78, 5) is 2.48. The first-order valence-corrected chi connectivity index (χ1v) is 6.90. The average Bonchev–Trinajstić information content (AvgIpc) is 2.30. The van der Waals surface area contributed by atoms with Crippen molar-refractivity contribution < 1.29 is 5.11 Å². The normalized spacial score (nSPS) is 23.2. The Morgan fingerprint density at radius 1 is 1.33 bits per heavy atom. The maximum Gasteiger partial charge on any atom is 0.0476 e. The number of nitrogens with zero attached hydrogens (tertiary/aromatic N) is 1. The largest absolute Gasteiger partial charge is 0.396 e. The fourth-order valence-electron chi connectivity index (χ4n) is 2.97. The molecule has 1 aromatic carbocycles. The molecule has 1 atom stereocenters. The van der Waals surface area contributed by atoms with Crippen molar-refractivity contribution in [3.63, 3.8) is 0 Å². The van der Waals surface area contributed by atoms with E-state index in [-0.39, 0.29) is 5.54 Å². The summed E-state index contributed by atoms with van der Waals surface area (Å²) in [7, 11) is 0. The van der Waals surface area contributed by atoms with Crippen LogP contribution in [0, 0.1) is 19.8 Å². The third-order valence-corrected chi connectivity index (χ3v) is 4.24. The molecule has 2 heteroatoms. The minimum Gasteiger partial charge on any atom is -0.396 e. The quantitative estimate of drug-likeness (QED) is 0.867. The van der Waals surface area contributed by atoms with Gasteiger partial charge in [0.25, 0.3) is 0 Å². The van der Waals surface area contributed by atoms with Gasteiger partial charge in [0.05, 0.1) is 0 Å². The molecule has 1 saturated heterocycles. The lowest BCUT2D eigenvalue weighted by molar-refractivity contribution is 0.181. The molecular weight excluding hydrogens is 222 g/mol. The van der Waals surface area contributed by atoms with E-state index in [9.17, 15) is 5.11 Å². The lowest BCUT2D eigenvalue weighted by atomic mass is 9.84. The molecule has 1 unspecified atom stereocenters. The summed E-state index contributed by atoms with van der Waals surface area (Å²) in [5.74, 6) is 0.415. The van der Waals surface area contributed by atoms with Crippen molar-refractivity contribution in [1.82, 2.24) is 0 Å². The first kappa shape index (κ1) is 13.4. The first-order chi connectivity index (χ1) is 8.44. The number of benzene rings is 1. The third-order valence-electron chi connectivity index (χ3n) is 4.24. The highest BCUT2D eigenvalue weighted by Gasteiger charge is 2.34. The van der Waals surface area contributed by atoms with Gasteiger partial charge in [-0.3, -0.25) is 0 Å². The molecular formula is C16H25NO. The van der Waals surface area contributed by atoms with Crippen molar-refractivity contribution in [2.75, 3.05) is 18.1 Å². The second kappa shape index (κ2) is 4.93. The summed E-state index contributed by atoms with van der Waals surface area (Å²) < 4.78 is 0. The topological polar surface area (TPSA) is 23.5 Å². The van der Waals surface area contributed by atoms with E-state index in [1.807, 2.05) is 0 Å². The van der Waals surface area contributed by atoms with Crippen LogP contribution in [0.1, 0.15) is 37.8 Å². The Labute approximate surface area is 111 Å². The standard InChI is InChI=1S/C16H25NO/c1-12-5-6-15(13(2)9-12)17-10-14(11-18)7-8-16(17,3)4/h5-6,9,14,18H,7-8,10-11H2,1-4H3. The van der Waals surface area contributed by atoms with Crippen LogP contribution in [0.25, 0.3) is 0 Å². The highest BCUT2D eigenvalue weighted by molar-refractivity contribution is 5.56. The Balaban J connectivity index is 2.33. The highest BCUT2D eigenvalue weighted by atomic mass is 16.3. The molecule has 1 fully saturated rings. The highest BCUT2D eigenvalue weighted by Crippen LogP contribution is 2.36. The van der Waals surface area contributed by atoms with E-state index in [0.717, 1.165) is 19.4 Å². The molecule has 18 heavy (non-hydrogen) atoms. The van der Waals surface area contributed by atoms with Gasteiger partial charge in [-0.2, -0.15) is 0 Å². The van der Waals surface area contributed by atoms with E-state index in [1.165, 1.54) is 16.8 Å². The molecule has 1 aromatic rings. The van der Waals surface area contributed by atoms with Gasteiger partial charge in [-0.15, -0.1) is 0 Å². The summed E-state index contributed by atoms with van der Waals surface area (Å²) in [5.41, 5.74) is 4.15. The van der Waals surface area contributed by atoms with Gasteiger partial charge < -0.3 is 10.0 Å². The van der Waals surface area contributed by atoms with Crippen LogP contribution in [-0.2, 0) is 0 Å². The molecule has 1 aliphatic rings. The number of aryl methyl sites for hydroxylation is 2. The molecule has 0 aliphatic carbocycles. The second-order valence-corrected chi connectivity index (χ2v) is 6.30. The number of aliphatic hydroxyl groups is 1. The zero-order chi connectivity index (χ0) is 13.3. The molecule has 2 rings (SSSR count). The molecule has 1 N–H and O–H groups in total. The van der Waals surface area contributed by atoms with Gasteiger partial charge in [-0.1, -0.05) is 17.7 Å². The molecule has 1 heterocycles. The molecule has 100 valence electrons. The number of piperidine rings is 1. The van der Waals surface area contributed by atoms with Crippen LogP contribution in [-0.4, -0.2) is 23.8 Å². The number of hydrogen-bond donors (Lipinski definition) is 1. The van der Waals surface area contributed by atoms with Crippen LogP contribution in [0.2, 0.25) is 0 Å². The van der Waals surface area contributed by atoms with E-state index in [0.29, 0.717) is 12.5 Å². The maximum atomic E-state index is 9.41. The van der Waals surface area contributed by atoms with Crippen molar-refractivity contribution in [3.05, 3.63) is 29.3 Å². The summed E-state index contributed by atoms with van der Waals surface area (Å²) in [6.07, 6.45) is 2.27. The molecule has 0 amide bonds. The molecule has 0 radical (unpaired) electrons. The molecule has 0 aromatic heterocycles. The van der Waals surface area contributed by atoms with E-state index < -0.39 is 0 Å². The van der Waals surface area contributed by atoms with Crippen LogP contribution in [0.15, 0.2) is 18.2 Å². The average molecular weight is 247 g/mol. The predicted octanol–water partition coefficient (Wildman–Crippen LogP) is 3.29. The number of rotatable bonds is 2. The van der Waals surface area contributed by atoms with Crippen LogP contribution >= 0.6 is 0 Å². The fourth-order valence-corrected chi connectivity index (χ4v) is 2.97. The Hall–Kier alpha value is -1.02. The molecule has 2 nitrogen and oxygen atoms in total. The van der Waals surface area contributed by atoms with Gasteiger partial charge in [0.2, 0.25) is 0 Å². The zero-order valence-electron chi connectivity index (χ0n) is 12.0. The van der Waals surface area contributed by atoms with Crippen molar-refractivity contribution in [2.45, 2.75) is 46.1 Å². The Morgan fingerprint density at radius 3 is 2.67 bits per heavy atom. The van der Waals surface area contributed by atoms with Gasteiger partial charge in [0.1, 0.15) is 0 Å². The smallest absolute Gasteiger partial charge is 0.0476 e. The summed E-state index contributed by atoms with van der Waals surface area (Å²) >= 11 is 0. The fraction of sp³-hybridized carbons (Fsp3) is 0.625. The van der Waals surface area contributed by atoms with Crippen molar-refractivity contribution in [2.24, 2.45) is 5.92 Å². The first-order valence-electron chi connectivity index (χ1n) is 6.90. The van der Waals surface area contributed by atoms with Gasteiger partial charge in [0, 0.05) is 24.4 Å². The van der Waals surface area contributed by atoms with Crippen molar-refractivity contribution in [1.29, 1.82) is 0 Å². The van der Waals surface area contributed by atoms with Gasteiger partial charge in [-0.25, -0.2) is 0 Å². The number of anilines is 1. The van der Waals surface area contributed by atoms with E-state index in [2.05, 4.69) is 50.8 Å². The summed E-state index contributed by atoms with van der Waals surface area (Å²) in [6.45, 7) is 10.2. The van der Waals surface area contributed by atoms with Gasteiger partial charge in [-0.05, 0) is 58.1 Å². The predicted molar refractivity (Wildman–Crippen MR) is 77.2 cm³/mol. The Morgan fingerprint density at radius 2 is 2.06 bits per heavy atom. The second-order valence-electron chi connectivity index (χ2n) is 6.30. The van der Waals surface area contributed by atoms with E-state index in [1.54, 1.807) is 0 Å². The van der Waals surface area contributed by atoms with Crippen molar-refractivity contribution in [3.8, 4) is 0 Å². The maximum absolute atomic E-state index is 9.41. The van der Waals surface area contributed by atoms with Crippen LogP contribution in [0.3, 0.4) is 0 Å². The lowest BCUT2D eigenvalue weighted by Crippen LogP contribution is -2.51. The SMILES string of the molecule is Cc1ccc(N2CC(CO)CCC2(C)C)c(C)c1. The minimum atomic E-state index is 0.186. The molecule has 0 spiro atoms. The van der Waals surface area contributed by atoms with Gasteiger partial charge >= 0.3 is 0 Å². The number of hydrogen-bond acceptors (Lipinski definition) is 2. The van der Waals surface area contributed by atoms with Crippen LogP contribution < -0.4 is 4.90 Å². The van der Waals surface area contributed by atoms with Crippen LogP contribution in [0.4, 0.5) is 5.69 Å². The minimum absolute atomic E-state index is 0.186. The Kier molecular flexibility index (Phi) is 3.67. The van der Waals surface area contributed by atoms with Crippen LogP contribution in [0.5, 0.6) is 0 Å². The van der Waals surface area contributed by atoms with Crippen molar-refractivity contribution >= 4 is 5.69 Å². The summed E-state index contributed by atoms with van der Waals surface area (Å²) in [6, 6.07) is 6.65. The molecule has 0 bridgehead atoms.